The molecule has 1 saturated carbocycles. The highest BCUT2D eigenvalue weighted by Gasteiger charge is 2.20. The van der Waals surface area contributed by atoms with Crippen molar-refractivity contribution in [2.45, 2.75) is 12.8 Å². The zero-order chi connectivity index (χ0) is 9.64. The minimum Gasteiger partial charge on any atom is -0.383 e. The van der Waals surface area contributed by atoms with E-state index in [-0.39, 0.29) is 0 Å². The fourth-order valence-corrected chi connectivity index (χ4v) is 1.36. The zero-order valence-electron chi connectivity index (χ0n) is 8.41. The lowest BCUT2D eigenvalue weighted by Crippen LogP contribution is -2.10. The second-order valence-electron chi connectivity index (χ2n) is 3.81. The summed E-state index contributed by atoms with van der Waals surface area (Å²) in [6.07, 6.45) is 2.73. The zero-order valence-corrected chi connectivity index (χ0v) is 8.41. The molecule has 0 saturated heterocycles. The van der Waals surface area contributed by atoms with Gasteiger partial charge in [-0.15, -0.1) is 0 Å². The Kier molecular flexibility index (Phi) is 3.41. The van der Waals surface area contributed by atoms with Gasteiger partial charge in [0, 0.05) is 18.8 Å². The topological polar surface area (TPSA) is 21.3 Å². The molecule has 14 heavy (non-hydrogen) atoms. The predicted molar refractivity (Wildman–Crippen MR) is 58.5 cm³/mol. The van der Waals surface area contributed by atoms with Crippen LogP contribution in [0.15, 0.2) is 30.3 Å². The molecule has 2 nitrogen and oxygen atoms in total. The molecule has 2 heteroatoms. The number of ether oxygens (including phenoxy) is 1. The van der Waals surface area contributed by atoms with E-state index in [9.17, 15) is 0 Å². The van der Waals surface area contributed by atoms with Crippen LogP contribution in [0, 0.1) is 5.92 Å². The molecule has 0 aromatic heterocycles. The SMILES string of the molecule is c1ccc(NCCOCC2CC2)cc1. The maximum atomic E-state index is 5.52. The van der Waals surface area contributed by atoms with Crippen molar-refractivity contribution in [3.05, 3.63) is 30.3 Å². The van der Waals surface area contributed by atoms with E-state index in [1.807, 2.05) is 18.2 Å². The number of benzene rings is 1. The minimum atomic E-state index is 0.811. The van der Waals surface area contributed by atoms with E-state index in [0.29, 0.717) is 0 Å². The maximum Gasteiger partial charge on any atom is 0.0639 e. The highest BCUT2D eigenvalue weighted by Crippen LogP contribution is 2.28. The van der Waals surface area contributed by atoms with Crippen molar-refractivity contribution >= 4 is 5.69 Å². The Morgan fingerprint density at radius 2 is 2.00 bits per heavy atom. The molecule has 0 bridgehead atoms. The van der Waals surface area contributed by atoms with Gasteiger partial charge in [0.1, 0.15) is 0 Å². The lowest BCUT2D eigenvalue weighted by molar-refractivity contribution is 0.134. The van der Waals surface area contributed by atoms with Crippen LogP contribution in [0.2, 0.25) is 0 Å². The molecule has 1 aliphatic carbocycles. The van der Waals surface area contributed by atoms with E-state index in [2.05, 4.69) is 17.4 Å². The first kappa shape index (κ1) is 9.53. The molecule has 1 aromatic carbocycles. The highest BCUT2D eigenvalue weighted by atomic mass is 16.5. The van der Waals surface area contributed by atoms with Crippen LogP contribution >= 0.6 is 0 Å². The first-order valence-electron chi connectivity index (χ1n) is 5.32. The average molecular weight is 191 g/mol. The molecule has 0 spiro atoms. The summed E-state index contributed by atoms with van der Waals surface area (Å²) in [5, 5.41) is 3.31. The van der Waals surface area contributed by atoms with Crippen molar-refractivity contribution < 1.29 is 4.74 Å². The normalized spacial score (nSPS) is 15.4. The molecule has 0 radical (unpaired) electrons. The first-order valence-corrected chi connectivity index (χ1v) is 5.32. The monoisotopic (exact) mass is 191 g/mol. The summed E-state index contributed by atoms with van der Waals surface area (Å²) in [5.41, 5.74) is 1.17. The van der Waals surface area contributed by atoms with Crippen LogP contribution in [-0.4, -0.2) is 19.8 Å². The van der Waals surface area contributed by atoms with Gasteiger partial charge in [-0.3, -0.25) is 0 Å². The Labute approximate surface area is 85.3 Å². The van der Waals surface area contributed by atoms with E-state index < -0.39 is 0 Å². The predicted octanol–water partition coefficient (Wildman–Crippen LogP) is 2.53. The van der Waals surface area contributed by atoms with E-state index in [4.69, 9.17) is 4.74 Å². The van der Waals surface area contributed by atoms with Crippen LogP contribution in [0.3, 0.4) is 0 Å². The number of anilines is 1. The second-order valence-corrected chi connectivity index (χ2v) is 3.81. The summed E-state index contributed by atoms with van der Waals surface area (Å²) < 4.78 is 5.52. The summed E-state index contributed by atoms with van der Waals surface area (Å²) >= 11 is 0. The molecule has 1 aromatic rings. The van der Waals surface area contributed by atoms with Gasteiger partial charge in [-0.05, 0) is 30.9 Å². The molecule has 0 aliphatic heterocycles. The van der Waals surface area contributed by atoms with Gasteiger partial charge in [-0.25, -0.2) is 0 Å². The number of hydrogen-bond acceptors (Lipinski definition) is 2. The molecule has 0 heterocycles. The van der Waals surface area contributed by atoms with Crippen molar-refractivity contribution in [1.29, 1.82) is 0 Å². The third-order valence-electron chi connectivity index (χ3n) is 2.40. The Bertz CT molecular complexity index is 256. The van der Waals surface area contributed by atoms with Crippen LogP contribution < -0.4 is 5.32 Å². The van der Waals surface area contributed by atoms with Crippen LogP contribution in [0.25, 0.3) is 0 Å². The molecule has 1 fully saturated rings. The Hall–Kier alpha value is -1.02. The summed E-state index contributed by atoms with van der Waals surface area (Å²) in [5.74, 6) is 0.867. The van der Waals surface area contributed by atoms with Crippen molar-refractivity contribution in [3.8, 4) is 0 Å². The maximum absolute atomic E-state index is 5.52. The summed E-state index contributed by atoms with van der Waals surface area (Å²) in [7, 11) is 0. The van der Waals surface area contributed by atoms with E-state index >= 15 is 0 Å². The van der Waals surface area contributed by atoms with Gasteiger partial charge < -0.3 is 10.1 Å². The molecular formula is C12H17NO. The summed E-state index contributed by atoms with van der Waals surface area (Å²) in [4.78, 5) is 0. The Morgan fingerprint density at radius 1 is 1.21 bits per heavy atom. The fourth-order valence-electron chi connectivity index (χ4n) is 1.36. The minimum absolute atomic E-state index is 0.811. The lowest BCUT2D eigenvalue weighted by Gasteiger charge is -2.06. The van der Waals surface area contributed by atoms with E-state index in [1.165, 1.54) is 18.5 Å². The van der Waals surface area contributed by atoms with Gasteiger partial charge in [0.15, 0.2) is 0 Å². The third kappa shape index (κ3) is 3.38. The van der Waals surface area contributed by atoms with Crippen molar-refractivity contribution in [3.63, 3.8) is 0 Å². The van der Waals surface area contributed by atoms with Gasteiger partial charge in [0.2, 0.25) is 0 Å². The van der Waals surface area contributed by atoms with Crippen LogP contribution in [0.5, 0.6) is 0 Å². The fraction of sp³-hybridized carbons (Fsp3) is 0.500. The van der Waals surface area contributed by atoms with Gasteiger partial charge in [0.05, 0.1) is 6.61 Å². The quantitative estimate of drug-likeness (QED) is 0.698. The van der Waals surface area contributed by atoms with Gasteiger partial charge in [0.25, 0.3) is 0 Å². The number of para-hydroxylation sites is 1. The number of hydrogen-bond donors (Lipinski definition) is 1. The number of nitrogens with one attached hydrogen (secondary N) is 1. The molecule has 76 valence electrons. The van der Waals surface area contributed by atoms with Crippen LogP contribution in [-0.2, 0) is 4.74 Å². The van der Waals surface area contributed by atoms with Crippen molar-refractivity contribution in [2.75, 3.05) is 25.1 Å². The van der Waals surface area contributed by atoms with Crippen LogP contribution in [0.4, 0.5) is 5.69 Å². The third-order valence-corrected chi connectivity index (χ3v) is 2.40. The molecular weight excluding hydrogens is 174 g/mol. The van der Waals surface area contributed by atoms with Gasteiger partial charge >= 0.3 is 0 Å². The van der Waals surface area contributed by atoms with E-state index in [1.54, 1.807) is 0 Å². The molecule has 0 atom stereocenters. The molecule has 1 aliphatic rings. The van der Waals surface area contributed by atoms with Gasteiger partial charge in [-0.1, -0.05) is 18.2 Å². The smallest absolute Gasteiger partial charge is 0.0639 e. The largest absolute Gasteiger partial charge is 0.383 e. The number of rotatable bonds is 6. The van der Waals surface area contributed by atoms with Gasteiger partial charge in [-0.2, -0.15) is 0 Å². The Morgan fingerprint density at radius 3 is 2.71 bits per heavy atom. The van der Waals surface area contributed by atoms with Crippen molar-refractivity contribution in [2.24, 2.45) is 5.92 Å². The molecule has 0 unspecified atom stereocenters. The second kappa shape index (κ2) is 5.01. The molecule has 2 rings (SSSR count). The van der Waals surface area contributed by atoms with Crippen LogP contribution in [0.1, 0.15) is 12.8 Å². The summed E-state index contributed by atoms with van der Waals surface area (Å²) in [6.45, 7) is 2.67. The first-order chi connectivity index (χ1) is 6.95. The van der Waals surface area contributed by atoms with E-state index in [0.717, 1.165) is 25.7 Å². The average Bonchev–Trinajstić information content (AvgIpc) is 3.03. The summed E-state index contributed by atoms with van der Waals surface area (Å²) in [6, 6.07) is 10.2. The molecule has 1 N–H and O–H groups in total. The highest BCUT2D eigenvalue weighted by molar-refractivity contribution is 5.42. The lowest BCUT2D eigenvalue weighted by atomic mass is 10.3. The molecule has 0 amide bonds. The Balaban J connectivity index is 1.54. The standard InChI is InChI=1S/C12H17NO/c1-2-4-12(5-3-1)13-8-9-14-10-11-6-7-11/h1-5,11,13H,6-10H2. The van der Waals surface area contributed by atoms with Crippen molar-refractivity contribution in [1.82, 2.24) is 0 Å².